The molecule has 5 nitrogen and oxygen atoms in total. The number of hydrogen-bond donors (Lipinski definition) is 2. The van der Waals surface area contributed by atoms with Crippen molar-refractivity contribution in [2.75, 3.05) is 5.75 Å². The molecule has 0 bridgehead atoms. The Morgan fingerprint density at radius 2 is 2.24 bits per heavy atom. The van der Waals surface area contributed by atoms with E-state index in [2.05, 4.69) is 15.5 Å². The molecular formula is C10H18N4OS2. The zero-order valence-corrected chi connectivity index (χ0v) is 11.9. The fourth-order valence-electron chi connectivity index (χ4n) is 1.31. The van der Waals surface area contributed by atoms with Gasteiger partial charge in [0.25, 0.3) is 0 Å². The van der Waals surface area contributed by atoms with Gasteiger partial charge in [0, 0.05) is 11.8 Å². The number of aryl methyl sites for hydroxylation is 1. The Hall–Kier alpha value is -0.660. The van der Waals surface area contributed by atoms with E-state index < -0.39 is 0 Å². The number of thioether (sulfide) groups is 1. The average molecular weight is 274 g/mol. The second-order valence-electron chi connectivity index (χ2n) is 4.00. The smallest absolute Gasteiger partial charge is 0.234 e. The predicted octanol–water partition coefficient (Wildman–Crippen LogP) is 1.18. The van der Waals surface area contributed by atoms with Crippen molar-refractivity contribution in [2.45, 2.75) is 43.6 Å². The minimum absolute atomic E-state index is 0.251. The molecule has 0 fully saturated rings. The summed E-state index contributed by atoms with van der Waals surface area (Å²) in [5, 5.41) is 12.1. The monoisotopic (exact) mass is 274 g/mol. The maximum atomic E-state index is 11.2. The van der Waals surface area contributed by atoms with Gasteiger partial charge >= 0.3 is 0 Å². The largest absolute Gasteiger partial charge is 0.368 e. The number of rotatable bonds is 7. The summed E-state index contributed by atoms with van der Waals surface area (Å²) >= 11 is 3.18. The van der Waals surface area contributed by atoms with Crippen molar-refractivity contribution in [3.05, 3.63) is 5.01 Å². The van der Waals surface area contributed by atoms with Crippen LogP contribution in [0, 0.1) is 6.92 Å². The maximum Gasteiger partial charge on any atom is 0.234 e. The standard InChI is InChI=1S/C10H18N4OS2/c1-6(2)12-8(9(11)15)4-5-16-10-14-13-7(3)17-10/h6,8,12H,4-5H2,1-3H3,(H2,11,15). The molecule has 0 saturated heterocycles. The van der Waals surface area contributed by atoms with Gasteiger partial charge < -0.3 is 11.1 Å². The summed E-state index contributed by atoms with van der Waals surface area (Å²) in [7, 11) is 0. The fraction of sp³-hybridized carbons (Fsp3) is 0.700. The summed E-state index contributed by atoms with van der Waals surface area (Å²) in [5.41, 5.74) is 5.33. The van der Waals surface area contributed by atoms with Crippen LogP contribution in [0.15, 0.2) is 4.34 Å². The van der Waals surface area contributed by atoms with Crippen LogP contribution in [0.3, 0.4) is 0 Å². The van der Waals surface area contributed by atoms with Crippen molar-refractivity contribution < 1.29 is 4.79 Å². The van der Waals surface area contributed by atoms with E-state index in [1.165, 1.54) is 0 Å². The third-order valence-electron chi connectivity index (χ3n) is 2.02. The highest BCUT2D eigenvalue weighted by molar-refractivity contribution is 8.01. The summed E-state index contributed by atoms with van der Waals surface area (Å²) in [6.45, 7) is 5.92. The third-order valence-corrected chi connectivity index (χ3v) is 4.02. The van der Waals surface area contributed by atoms with Crippen LogP contribution in [0.4, 0.5) is 0 Å². The number of nitrogens with zero attached hydrogens (tertiary/aromatic N) is 2. The lowest BCUT2D eigenvalue weighted by atomic mass is 10.2. The number of carbonyl (C=O) groups is 1. The van der Waals surface area contributed by atoms with E-state index in [1.807, 2.05) is 20.8 Å². The molecule has 96 valence electrons. The van der Waals surface area contributed by atoms with Gasteiger partial charge in [-0.1, -0.05) is 36.9 Å². The van der Waals surface area contributed by atoms with Crippen LogP contribution < -0.4 is 11.1 Å². The Morgan fingerprint density at radius 3 is 2.71 bits per heavy atom. The first-order valence-corrected chi connectivity index (χ1v) is 7.27. The Kier molecular flexibility index (Phi) is 5.87. The summed E-state index contributed by atoms with van der Waals surface area (Å²) in [4.78, 5) is 11.2. The molecule has 0 aliphatic rings. The summed E-state index contributed by atoms with van der Waals surface area (Å²) < 4.78 is 0.940. The first-order valence-electron chi connectivity index (χ1n) is 5.47. The summed E-state index contributed by atoms with van der Waals surface area (Å²) in [6, 6.07) is -0.0159. The van der Waals surface area contributed by atoms with Crippen molar-refractivity contribution in [1.29, 1.82) is 0 Å². The highest BCUT2D eigenvalue weighted by Crippen LogP contribution is 2.22. The molecule has 1 unspecified atom stereocenters. The maximum absolute atomic E-state index is 11.2. The Bertz CT molecular complexity index is 367. The van der Waals surface area contributed by atoms with Crippen LogP contribution in [-0.2, 0) is 4.79 Å². The Morgan fingerprint density at radius 1 is 1.53 bits per heavy atom. The molecule has 0 aliphatic heterocycles. The Labute approximate surface area is 110 Å². The van der Waals surface area contributed by atoms with Gasteiger partial charge in [-0.15, -0.1) is 10.2 Å². The molecule has 0 saturated carbocycles. The number of aromatic nitrogens is 2. The molecule has 1 rings (SSSR count). The summed E-state index contributed by atoms with van der Waals surface area (Å²) in [6.07, 6.45) is 0.705. The average Bonchev–Trinajstić information content (AvgIpc) is 2.62. The van der Waals surface area contributed by atoms with E-state index in [9.17, 15) is 4.79 Å². The van der Waals surface area contributed by atoms with Crippen LogP contribution in [0.5, 0.6) is 0 Å². The van der Waals surface area contributed by atoms with Gasteiger partial charge in [-0.2, -0.15) is 0 Å². The molecule has 3 N–H and O–H groups in total. The lowest BCUT2D eigenvalue weighted by molar-refractivity contribution is -0.120. The molecule has 1 aromatic rings. The van der Waals surface area contributed by atoms with Crippen molar-refractivity contribution in [1.82, 2.24) is 15.5 Å². The molecule has 0 radical (unpaired) electrons. The lowest BCUT2D eigenvalue weighted by Gasteiger charge is -2.17. The molecule has 7 heteroatoms. The van der Waals surface area contributed by atoms with Crippen molar-refractivity contribution in [3.63, 3.8) is 0 Å². The molecule has 1 amide bonds. The number of amides is 1. The zero-order chi connectivity index (χ0) is 12.8. The van der Waals surface area contributed by atoms with Gasteiger partial charge in [-0.25, -0.2) is 0 Å². The van der Waals surface area contributed by atoms with Crippen molar-refractivity contribution >= 4 is 29.0 Å². The van der Waals surface area contributed by atoms with E-state index in [-0.39, 0.29) is 18.0 Å². The lowest BCUT2D eigenvalue weighted by Crippen LogP contribution is -2.44. The second-order valence-corrected chi connectivity index (χ2v) is 6.52. The minimum atomic E-state index is -0.298. The molecular weight excluding hydrogens is 256 g/mol. The van der Waals surface area contributed by atoms with Crippen LogP contribution in [-0.4, -0.2) is 33.9 Å². The Balaban J connectivity index is 2.34. The van der Waals surface area contributed by atoms with Gasteiger partial charge in [0.1, 0.15) is 5.01 Å². The molecule has 1 aromatic heterocycles. The van der Waals surface area contributed by atoms with E-state index in [4.69, 9.17) is 5.73 Å². The molecule has 0 aliphatic carbocycles. The van der Waals surface area contributed by atoms with Crippen molar-refractivity contribution in [2.24, 2.45) is 5.73 Å². The topological polar surface area (TPSA) is 80.9 Å². The van der Waals surface area contributed by atoms with Gasteiger partial charge in [-0.05, 0) is 13.3 Å². The zero-order valence-electron chi connectivity index (χ0n) is 10.3. The minimum Gasteiger partial charge on any atom is -0.368 e. The number of nitrogens with two attached hydrogens (primary N) is 1. The van der Waals surface area contributed by atoms with E-state index >= 15 is 0 Å². The number of hydrogen-bond acceptors (Lipinski definition) is 6. The van der Waals surface area contributed by atoms with Gasteiger partial charge in [0.05, 0.1) is 6.04 Å². The normalized spacial score (nSPS) is 12.9. The quantitative estimate of drug-likeness (QED) is 0.730. The van der Waals surface area contributed by atoms with E-state index in [1.54, 1.807) is 23.1 Å². The first kappa shape index (κ1) is 14.4. The SMILES string of the molecule is Cc1nnc(SCCC(NC(C)C)C(N)=O)s1. The van der Waals surface area contributed by atoms with Gasteiger partial charge in [0.2, 0.25) is 5.91 Å². The third kappa shape index (κ3) is 5.47. The van der Waals surface area contributed by atoms with Crippen molar-refractivity contribution in [3.8, 4) is 0 Å². The number of primary amides is 1. The second kappa shape index (κ2) is 6.93. The van der Waals surface area contributed by atoms with E-state index in [0.29, 0.717) is 6.42 Å². The van der Waals surface area contributed by atoms with E-state index in [0.717, 1.165) is 15.1 Å². The molecule has 0 aromatic carbocycles. The number of carbonyl (C=O) groups excluding carboxylic acids is 1. The van der Waals surface area contributed by atoms with Crippen LogP contribution in [0.25, 0.3) is 0 Å². The van der Waals surface area contributed by atoms with Gasteiger partial charge in [-0.3, -0.25) is 4.79 Å². The fourth-order valence-corrected chi connectivity index (χ4v) is 3.20. The molecule has 1 atom stereocenters. The first-order chi connectivity index (χ1) is 7.99. The van der Waals surface area contributed by atoms with Crippen LogP contribution in [0.2, 0.25) is 0 Å². The van der Waals surface area contributed by atoms with Gasteiger partial charge in [0.15, 0.2) is 4.34 Å². The highest BCUT2D eigenvalue weighted by Gasteiger charge is 2.16. The molecule has 0 spiro atoms. The van der Waals surface area contributed by atoms with Crippen LogP contribution in [0.1, 0.15) is 25.3 Å². The molecule has 1 heterocycles. The highest BCUT2D eigenvalue weighted by atomic mass is 32.2. The van der Waals surface area contributed by atoms with Crippen LogP contribution >= 0.6 is 23.1 Å². The number of nitrogens with one attached hydrogen (secondary N) is 1. The predicted molar refractivity (Wildman–Crippen MR) is 71.2 cm³/mol. The summed E-state index contributed by atoms with van der Waals surface area (Å²) in [5.74, 6) is 0.509. The molecule has 17 heavy (non-hydrogen) atoms.